The number of unbranched alkanes of at least 4 members (excludes halogenated alkanes) is 6. The van der Waals surface area contributed by atoms with Crippen LogP contribution in [0.25, 0.3) is 0 Å². The summed E-state index contributed by atoms with van der Waals surface area (Å²) < 4.78 is 0. The van der Waals surface area contributed by atoms with Crippen LogP contribution in [0.5, 0.6) is 0 Å². The van der Waals surface area contributed by atoms with Gasteiger partial charge in [0.1, 0.15) is 0 Å². The second-order valence-corrected chi connectivity index (χ2v) is 4.89. The van der Waals surface area contributed by atoms with Gasteiger partial charge in [-0.05, 0) is 32.5 Å². The van der Waals surface area contributed by atoms with Gasteiger partial charge < -0.3 is 4.90 Å². The molecule has 0 saturated heterocycles. The van der Waals surface area contributed by atoms with Crippen LogP contribution < -0.4 is 18.9 Å². The predicted octanol–water partition coefficient (Wildman–Crippen LogP) is 1.84. The summed E-state index contributed by atoms with van der Waals surface area (Å²) in [6, 6.07) is 0. The first-order chi connectivity index (χ1) is 8.35. The molecule has 0 aromatic heterocycles. The van der Waals surface area contributed by atoms with Crippen LogP contribution >= 0.6 is 0 Å². The van der Waals surface area contributed by atoms with Gasteiger partial charge >= 0.3 is 18.9 Å². The summed E-state index contributed by atoms with van der Waals surface area (Å²) in [5.41, 5.74) is 0. The maximum atomic E-state index is 3.77. The molecule has 0 aliphatic carbocycles. The van der Waals surface area contributed by atoms with Gasteiger partial charge in [0, 0.05) is 0 Å². The fraction of sp³-hybridized carbons (Fsp3) is 0.812. The van der Waals surface area contributed by atoms with Gasteiger partial charge in [-0.25, -0.2) is 19.1 Å². The first kappa shape index (κ1) is 20.5. The fourth-order valence-corrected chi connectivity index (χ4v) is 2.04. The zero-order chi connectivity index (χ0) is 12.8. The van der Waals surface area contributed by atoms with Crippen molar-refractivity contribution >= 4 is 0 Å². The molecule has 0 aromatic rings. The third-order valence-electron chi connectivity index (χ3n) is 3.19. The maximum Gasteiger partial charge on any atom is 1.00 e. The number of allylic oxidation sites excluding steroid dienone is 1. The van der Waals surface area contributed by atoms with Crippen LogP contribution in [-0.4, -0.2) is 24.5 Å². The molecule has 0 N–H and O–H groups in total. The summed E-state index contributed by atoms with van der Waals surface area (Å²) in [7, 11) is 0. The minimum Gasteiger partial charge on any atom is -0.316 e. The quantitative estimate of drug-likeness (QED) is 0.288. The summed E-state index contributed by atoms with van der Waals surface area (Å²) in [6.07, 6.45) is 15.0. The molecule has 0 saturated carbocycles. The van der Waals surface area contributed by atoms with E-state index in [9.17, 15) is 0 Å². The molecular formula is C16H32LiN. The van der Waals surface area contributed by atoms with Crippen molar-refractivity contribution in [1.82, 2.24) is 4.90 Å². The molecule has 0 rings (SSSR count). The first-order valence-electron chi connectivity index (χ1n) is 7.51. The predicted molar refractivity (Wildman–Crippen MR) is 79.2 cm³/mol. The molecule has 2 heteroatoms. The topological polar surface area (TPSA) is 3.24 Å². The van der Waals surface area contributed by atoms with Crippen LogP contribution in [0.1, 0.15) is 65.2 Å². The van der Waals surface area contributed by atoms with Crippen molar-refractivity contribution in [2.24, 2.45) is 0 Å². The van der Waals surface area contributed by atoms with Gasteiger partial charge in [-0.1, -0.05) is 52.4 Å². The van der Waals surface area contributed by atoms with Gasteiger partial charge in [0.2, 0.25) is 0 Å². The largest absolute Gasteiger partial charge is 1.00 e. The average Bonchev–Trinajstić information content (AvgIpc) is 2.35. The minimum atomic E-state index is 0. The Morgan fingerprint density at radius 3 is 1.72 bits per heavy atom. The Morgan fingerprint density at radius 1 is 0.833 bits per heavy atom. The zero-order valence-corrected chi connectivity index (χ0v) is 13.1. The van der Waals surface area contributed by atoms with Crippen molar-refractivity contribution in [3.05, 3.63) is 19.1 Å². The average molecular weight is 245 g/mol. The second kappa shape index (κ2) is 17.2. The zero-order valence-electron chi connectivity index (χ0n) is 13.1. The van der Waals surface area contributed by atoms with Crippen molar-refractivity contribution in [2.45, 2.75) is 65.2 Å². The Kier molecular flexibility index (Phi) is 19.5. The molecule has 0 aliphatic heterocycles. The molecule has 0 bridgehead atoms. The van der Waals surface area contributed by atoms with E-state index in [2.05, 4.69) is 31.7 Å². The van der Waals surface area contributed by atoms with Crippen molar-refractivity contribution in [1.29, 1.82) is 0 Å². The molecule has 0 unspecified atom stereocenters. The van der Waals surface area contributed by atoms with Crippen molar-refractivity contribution in [2.75, 3.05) is 19.6 Å². The Hall–Kier alpha value is 0.167. The van der Waals surface area contributed by atoms with E-state index in [-0.39, 0.29) is 18.9 Å². The Morgan fingerprint density at radius 2 is 1.33 bits per heavy atom. The molecule has 0 amide bonds. The van der Waals surface area contributed by atoms with Crippen LogP contribution in [0.4, 0.5) is 0 Å². The summed E-state index contributed by atoms with van der Waals surface area (Å²) in [5.74, 6) is 0. The summed E-state index contributed by atoms with van der Waals surface area (Å²) in [4.78, 5) is 2.58. The second-order valence-electron chi connectivity index (χ2n) is 4.89. The standard InChI is InChI=1S/C16H32N.Li/c1-4-7-10-12-15-17(14-9-6-3)16-13-11-8-5-2;/h6,9H,3-5,7-8,10-16H2,1-2H3;/q-1;+1. The Labute approximate surface area is 128 Å². The first-order valence-corrected chi connectivity index (χ1v) is 7.51. The third kappa shape index (κ3) is 14.2. The molecule has 0 fully saturated rings. The van der Waals surface area contributed by atoms with Crippen LogP contribution in [0.15, 0.2) is 12.2 Å². The minimum absolute atomic E-state index is 0. The SMILES string of the molecule is [CH2-]C=CCN(CCCCCC)CCCCCC.[Li+]. The summed E-state index contributed by atoms with van der Waals surface area (Å²) >= 11 is 0. The van der Waals surface area contributed by atoms with Gasteiger partial charge in [-0.15, -0.1) is 0 Å². The van der Waals surface area contributed by atoms with Crippen LogP contribution in [0.2, 0.25) is 0 Å². The molecule has 0 atom stereocenters. The Balaban J connectivity index is 0. The molecule has 0 aromatic carbocycles. The van der Waals surface area contributed by atoms with Crippen molar-refractivity contribution in [3.63, 3.8) is 0 Å². The normalized spacial score (nSPS) is 11.1. The van der Waals surface area contributed by atoms with Gasteiger partial charge in [0.15, 0.2) is 0 Å². The molecule has 0 heterocycles. The van der Waals surface area contributed by atoms with Crippen molar-refractivity contribution in [3.8, 4) is 0 Å². The van der Waals surface area contributed by atoms with E-state index in [0.717, 1.165) is 6.54 Å². The van der Waals surface area contributed by atoms with Crippen LogP contribution in [-0.2, 0) is 0 Å². The van der Waals surface area contributed by atoms with E-state index in [0.29, 0.717) is 0 Å². The molecule has 102 valence electrons. The summed E-state index contributed by atoms with van der Waals surface area (Å²) in [6.45, 7) is 11.9. The van der Waals surface area contributed by atoms with Gasteiger partial charge in [-0.2, -0.15) is 0 Å². The van der Waals surface area contributed by atoms with Gasteiger partial charge in [-0.3, -0.25) is 0 Å². The molecule has 18 heavy (non-hydrogen) atoms. The van der Waals surface area contributed by atoms with E-state index < -0.39 is 0 Å². The number of rotatable bonds is 12. The van der Waals surface area contributed by atoms with Gasteiger partial charge in [0.25, 0.3) is 0 Å². The van der Waals surface area contributed by atoms with E-state index >= 15 is 0 Å². The maximum absolute atomic E-state index is 3.77. The van der Waals surface area contributed by atoms with E-state index in [4.69, 9.17) is 0 Å². The molecule has 0 aliphatic rings. The summed E-state index contributed by atoms with van der Waals surface area (Å²) in [5, 5.41) is 0. The van der Waals surface area contributed by atoms with E-state index in [1.54, 1.807) is 0 Å². The van der Waals surface area contributed by atoms with Crippen LogP contribution in [0, 0.1) is 6.92 Å². The number of hydrogen-bond donors (Lipinski definition) is 0. The fourth-order valence-electron chi connectivity index (χ4n) is 2.04. The smallest absolute Gasteiger partial charge is 0.316 e. The molecule has 0 radical (unpaired) electrons. The molecular weight excluding hydrogens is 213 g/mol. The monoisotopic (exact) mass is 245 g/mol. The van der Waals surface area contributed by atoms with Gasteiger partial charge in [0.05, 0.1) is 0 Å². The number of hydrogen-bond acceptors (Lipinski definition) is 1. The van der Waals surface area contributed by atoms with E-state index in [1.807, 2.05) is 6.08 Å². The van der Waals surface area contributed by atoms with Crippen molar-refractivity contribution < 1.29 is 18.9 Å². The van der Waals surface area contributed by atoms with Crippen LogP contribution in [0.3, 0.4) is 0 Å². The number of nitrogens with zero attached hydrogens (tertiary/aromatic N) is 1. The third-order valence-corrected chi connectivity index (χ3v) is 3.19. The van der Waals surface area contributed by atoms with E-state index in [1.165, 1.54) is 64.5 Å². The molecule has 0 spiro atoms. The molecule has 1 nitrogen and oxygen atoms in total. The Bertz CT molecular complexity index is 156.